The number of carbonyl (C=O) groups is 2. The predicted molar refractivity (Wildman–Crippen MR) is 67.6 cm³/mol. The quantitative estimate of drug-likeness (QED) is 0.615. The number of carbonyl (C=O) groups excluding carboxylic acids is 2. The van der Waals surface area contributed by atoms with Crippen molar-refractivity contribution < 1.29 is 14.3 Å². The van der Waals surface area contributed by atoms with Gasteiger partial charge in [0.05, 0.1) is 7.11 Å². The standard InChI is InChI=1S/C12H15ClN2O3/c1-4-9-5-8(6-10(13)14-9)12(17)15(2)7-11(16)18-3/h5-6H,4,7H2,1-3H3. The number of halogens is 1. The van der Waals surface area contributed by atoms with Crippen molar-refractivity contribution in [2.45, 2.75) is 13.3 Å². The molecule has 0 saturated carbocycles. The Kier molecular flexibility index (Phi) is 5.09. The molecule has 0 fully saturated rings. The zero-order valence-electron chi connectivity index (χ0n) is 10.6. The summed E-state index contributed by atoms with van der Waals surface area (Å²) in [6.07, 6.45) is 0.682. The second kappa shape index (κ2) is 6.35. The van der Waals surface area contributed by atoms with Crippen LogP contribution in [0.15, 0.2) is 12.1 Å². The van der Waals surface area contributed by atoms with E-state index in [-0.39, 0.29) is 17.6 Å². The maximum atomic E-state index is 12.0. The Morgan fingerprint density at radius 3 is 2.67 bits per heavy atom. The van der Waals surface area contributed by atoms with Gasteiger partial charge in [-0.3, -0.25) is 9.59 Å². The average molecular weight is 271 g/mol. The van der Waals surface area contributed by atoms with Gasteiger partial charge in [-0.25, -0.2) is 4.98 Å². The third-order valence-electron chi connectivity index (χ3n) is 2.40. The molecule has 1 aromatic rings. The molecule has 0 saturated heterocycles. The molecule has 0 aliphatic carbocycles. The molecule has 5 nitrogen and oxygen atoms in total. The fraction of sp³-hybridized carbons (Fsp3) is 0.417. The molecule has 0 bridgehead atoms. The number of rotatable bonds is 4. The fourth-order valence-electron chi connectivity index (χ4n) is 1.41. The summed E-state index contributed by atoms with van der Waals surface area (Å²) < 4.78 is 4.50. The Bertz CT molecular complexity index is 463. The van der Waals surface area contributed by atoms with E-state index in [4.69, 9.17) is 11.6 Å². The van der Waals surface area contributed by atoms with Crippen molar-refractivity contribution in [2.24, 2.45) is 0 Å². The summed E-state index contributed by atoms with van der Waals surface area (Å²) in [6, 6.07) is 3.15. The first-order valence-electron chi connectivity index (χ1n) is 5.46. The second-order valence-electron chi connectivity index (χ2n) is 3.76. The van der Waals surface area contributed by atoms with Crippen LogP contribution in [0.1, 0.15) is 23.0 Å². The largest absolute Gasteiger partial charge is 0.468 e. The molecule has 0 aliphatic heterocycles. The Balaban J connectivity index is 2.89. The van der Waals surface area contributed by atoms with Crippen molar-refractivity contribution >= 4 is 23.5 Å². The smallest absolute Gasteiger partial charge is 0.325 e. The van der Waals surface area contributed by atoms with Crippen LogP contribution >= 0.6 is 11.6 Å². The molecule has 1 aromatic heterocycles. The van der Waals surface area contributed by atoms with Crippen molar-refractivity contribution in [3.63, 3.8) is 0 Å². The van der Waals surface area contributed by atoms with Crippen LogP contribution in [0.3, 0.4) is 0 Å². The summed E-state index contributed by atoms with van der Waals surface area (Å²) in [4.78, 5) is 28.5. The van der Waals surface area contributed by atoms with Crippen molar-refractivity contribution in [1.82, 2.24) is 9.88 Å². The summed E-state index contributed by atoms with van der Waals surface area (Å²) >= 11 is 5.84. The molecule has 1 rings (SSSR count). The van der Waals surface area contributed by atoms with Crippen LogP contribution in [0.2, 0.25) is 5.15 Å². The number of methoxy groups -OCH3 is 1. The van der Waals surface area contributed by atoms with Gasteiger partial charge in [0.2, 0.25) is 0 Å². The third kappa shape index (κ3) is 3.70. The first-order chi connectivity index (χ1) is 8.47. The van der Waals surface area contributed by atoms with Gasteiger partial charge >= 0.3 is 5.97 Å². The van der Waals surface area contributed by atoms with Gasteiger partial charge in [0.1, 0.15) is 11.7 Å². The van der Waals surface area contributed by atoms with E-state index in [0.717, 1.165) is 5.69 Å². The van der Waals surface area contributed by atoms with E-state index < -0.39 is 5.97 Å². The highest BCUT2D eigenvalue weighted by atomic mass is 35.5. The molecule has 0 spiro atoms. The number of hydrogen-bond acceptors (Lipinski definition) is 4. The Morgan fingerprint density at radius 2 is 2.11 bits per heavy atom. The lowest BCUT2D eigenvalue weighted by Crippen LogP contribution is -2.32. The summed E-state index contributed by atoms with van der Waals surface area (Å²) in [5.74, 6) is -0.763. The molecule has 1 heterocycles. The number of hydrogen-bond donors (Lipinski definition) is 0. The van der Waals surface area contributed by atoms with Crippen LogP contribution in [0.4, 0.5) is 0 Å². The van der Waals surface area contributed by atoms with Gasteiger partial charge in [-0.2, -0.15) is 0 Å². The molecule has 18 heavy (non-hydrogen) atoms. The van der Waals surface area contributed by atoms with Gasteiger partial charge in [-0.05, 0) is 18.6 Å². The van der Waals surface area contributed by atoms with Gasteiger partial charge in [-0.15, -0.1) is 0 Å². The second-order valence-corrected chi connectivity index (χ2v) is 4.15. The summed E-state index contributed by atoms with van der Waals surface area (Å²) in [6.45, 7) is 1.82. The Morgan fingerprint density at radius 1 is 1.44 bits per heavy atom. The van der Waals surface area contributed by atoms with Crippen molar-refractivity contribution in [3.05, 3.63) is 28.5 Å². The number of aromatic nitrogens is 1. The topological polar surface area (TPSA) is 59.5 Å². The first-order valence-corrected chi connectivity index (χ1v) is 5.84. The molecular weight excluding hydrogens is 256 g/mol. The van der Waals surface area contributed by atoms with Crippen LogP contribution in [-0.4, -0.2) is 42.5 Å². The monoisotopic (exact) mass is 270 g/mol. The van der Waals surface area contributed by atoms with Gasteiger partial charge in [-0.1, -0.05) is 18.5 Å². The molecule has 0 atom stereocenters. The van der Waals surface area contributed by atoms with Crippen molar-refractivity contribution in [3.8, 4) is 0 Å². The van der Waals surface area contributed by atoms with E-state index in [1.165, 1.54) is 25.1 Å². The zero-order valence-corrected chi connectivity index (χ0v) is 11.3. The van der Waals surface area contributed by atoms with Crippen LogP contribution in [-0.2, 0) is 16.0 Å². The van der Waals surface area contributed by atoms with Gasteiger partial charge < -0.3 is 9.64 Å². The fourth-order valence-corrected chi connectivity index (χ4v) is 1.63. The molecule has 1 amide bonds. The minimum atomic E-state index is -0.471. The summed E-state index contributed by atoms with van der Waals surface area (Å²) in [5.41, 5.74) is 1.15. The minimum absolute atomic E-state index is 0.100. The lowest BCUT2D eigenvalue weighted by molar-refractivity contribution is -0.141. The third-order valence-corrected chi connectivity index (χ3v) is 2.59. The highest BCUT2D eigenvalue weighted by Crippen LogP contribution is 2.13. The summed E-state index contributed by atoms with van der Waals surface area (Å²) in [7, 11) is 2.80. The maximum Gasteiger partial charge on any atom is 0.325 e. The van der Waals surface area contributed by atoms with E-state index in [1.807, 2.05) is 6.92 Å². The van der Waals surface area contributed by atoms with Crippen LogP contribution < -0.4 is 0 Å². The molecule has 6 heteroatoms. The number of ether oxygens (including phenoxy) is 1. The number of amides is 1. The molecule has 0 N–H and O–H groups in total. The lowest BCUT2D eigenvalue weighted by Gasteiger charge is -2.16. The van der Waals surface area contributed by atoms with E-state index in [1.54, 1.807) is 6.07 Å². The predicted octanol–water partition coefficient (Wildman–Crippen LogP) is 1.54. The number of likely N-dealkylation sites (N-methyl/N-ethyl adjacent to an activating group) is 1. The van der Waals surface area contributed by atoms with E-state index in [9.17, 15) is 9.59 Å². The van der Waals surface area contributed by atoms with Crippen molar-refractivity contribution in [2.75, 3.05) is 20.7 Å². The van der Waals surface area contributed by atoms with Crippen molar-refractivity contribution in [1.29, 1.82) is 0 Å². The molecule has 0 radical (unpaired) electrons. The van der Waals surface area contributed by atoms with Gasteiger partial charge in [0.15, 0.2) is 0 Å². The van der Waals surface area contributed by atoms with Crippen LogP contribution in [0.25, 0.3) is 0 Å². The Hall–Kier alpha value is -1.62. The van der Waals surface area contributed by atoms with E-state index >= 15 is 0 Å². The lowest BCUT2D eigenvalue weighted by atomic mass is 10.2. The highest BCUT2D eigenvalue weighted by Gasteiger charge is 2.16. The number of aryl methyl sites for hydroxylation is 1. The Labute approximate surface area is 111 Å². The molecule has 0 unspecified atom stereocenters. The molecular formula is C12H15ClN2O3. The minimum Gasteiger partial charge on any atom is -0.468 e. The number of esters is 1. The molecule has 98 valence electrons. The maximum absolute atomic E-state index is 12.0. The summed E-state index contributed by atoms with van der Waals surface area (Å²) in [5, 5.41) is 0.268. The normalized spacial score (nSPS) is 10.0. The molecule has 0 aliphatic rings. The van der Waals surface area contributed by atoms with Crippen LogP contribution in [0, 0.1) is 0 Å². The SMILES string of the molecule is CCc1cc(C(=O)N(C)CC(=O)OC)cc(Cl)n1. The zero-order chi connectivity index (χ0) is 13.7. The van der Waals surface area contributed by atoms with Gasteiger partial charge in [0.25, 0.3) is 5.91 Å². The highest BCUT2D eigenvalue weighted by molar-refractivity contribution is 6.29. The molecule has 0 aromatic carbocycles. The van der Waals surface area contributed by atoms with E-state index in [2.05, 4.69) is 9.72 Å². The van der Waals surface area contributed by atoms with Crippen LogP contribution in [0.5, 0.6) is 0 Å². The first kappa shape index (κ1) is 14.4. The average Bonchev–Trinajstić information content (AvgIpc) is 2.36. The van der Waals surface area contributed by atoms with Gasteiger partial charge in [0, 0.05) is 18.3 Å². The number of nitrogens with zero attached hydrogens (tertiary/aromatic N) is 2. The number of pyridine rings is 1. The van der Waals surface area contributed by atoms with E-state index in [0.29, 0.717) is 12.0 Å².